The molecule has 0 N–H and O–H groups in total. The number of piperidine rings is 1. The van der Waals surface area contributed by atoms with Crippen molar-refractivity contribution in [3.05, 3.63) is 0 Å². The van der Waals surface area contributed by atoms with Crippen molar-refractivity contribution in [2.45, 2.75) is 57.7 Å². The molecule has 2 heterocycles. The van der Waals surface area contributed by atoms with E-state index < -0.39 is 0 Å². The number of carbonyl (C=O) groups excluding carboxylic acids is 1. The number of ether oxygens (including phenoxy) is 1. The molecule has 3 atom stereocenters. The summed E-state index contributed by atoms with van der Waals surface area (Å²) in [5.41, 5.74) is 0. The summed E-state index contributed by atoms with van der Waals surface area (Å²) in [4.78, 5) is 13.8. The van der Waals surface area contributed by atoms with Crippen LogP contribution in [0, 0.1) is 0 Å². The number of rotatable bonds is 1. The van der Waals surface area contributed by atoms with Gasteiger partial charge in [0.05, 0.1) is 6.10 Å². The van der Waals surface area contributed by atoms with Crippen molar-refractivity contribution >= 4 is 5.78 Å². The van der Waals surface area contributed by atoms with Gasteiger partial charge in [0.2, 0.25) is 0 Å². The van der Waals surface area contributed by atoms with Crippen molar-refractivity contribution in [2.24, 2.45) is 0 Å². The predicted octanol–water partition coefficient (Wildman–Crippen LogP) is 1.61. The Balaban J connectivity index is 1.94. The molecular formula is C12H21NO2. The third-order valence-corrected chi connectivity index (χ3v) is 3.66. The highest BCUT2D eigenvalue weighted by molar-refractivity contribution is 5.79. The SMILES string of the molecule is CC1CC(N2CCC(=O)CC2C)CCO1. The predicted molar refractivity (Wildman–Crippen MR) is 58.8 cm³/mol. The van der Waals surface area contributed by atoms with Crippen LogP contribution < -0.4 is 0 Å². The maximum atomic E-state index is 11.3. The van der Waals surface area contributed by atoms with Gasteiger partial charge < -0.3 is 4.74 Å². The van der Waals surface area contributed by atoms with Crippen LogP contribution in [0.5, 0.6) is 0 Å². The Morgan fingerprint density at radius 3 is 2.87 bits per heavy atom. The van der Waals surface area contributed by atoms with Crippen molar-refractivity contribution in [1.29, 1.82) is 0 Å². The summed E-state index contributed by atoms with van der Waals surface area (Å²) in [6.45, 7) is 6.16. The number of carbonyl (C=O) groups is 1. The van der Waals surface area contributed by atoms with Crippen LogP contribution in [0.3, 0.4) is 0 Å². The number of nitrogens with zero attached hydrogens (tertiary/aromatic N) is 1. The second kappa shape index (κ2) is 4.62. The minimum atomic E-state index is 0.383. The molecule has 2 aliphatic rings. The van der Waals surface area contributed by atoms with Crippen molar-refractivity contribution in [3.8, 4) is 0 Å². The highest BCUT2D eigenvalue weighted by atomic mass is 16.5. The van der Waals surface area contributed by atoms with Gasteiger partial charge in [0.15, 0.2) is 0 Å². The molecule has 0 radical (unpaired) electrons. The molecule has 2 saturated heterocycles. The van der Waals surface area contributed by atoms with E-state index in [1.54, 1.807) is 0 Å². The van der Waals surface area contributed by atoms with Crippen molar-refractivity contribution in [1.82, 2.24) is 4.90 Å². The summed E-state index contributed by atoms with van der Waals surface area (Å²) in [6, 6.07) is 1.07. The van der Waals surface area contributed by atoms with Gasteiger partial charge in [0.1, 0.15) is 5.78 Å². The largest absolute Gasteiger partial charge is 0.378 e. The molecule has 3 nitrogen and oxygen atoms in total. The summed E-state index contributed by atoms with van der Waals surface area (Å²) in [5.74, 6) is 0.429. The highest BCUT2D eigenvalue weighted by Gasteiger charge is 2.31. The maximum Gasteiger partial charge on any atom is 0.135 e. The lowest BCUT2D eigenvalue weighted by Gasteiger charge is -2.42. The Bertz CT molecular complexity index is 242. The van der Waals surface area contributed by atoms with Crippen LogP contribution in [0.15, 0.2) is 0 Å². The number of hydrogen-bond acceptors (Lipinski definition) is 3. The fraction of sp³-hybridized carbons (Fsp3) is 0.917. The second-order valence-corrected chi connectivity index (χ2v) is 4.94. The van der Waals surface area contributed by atoms with Gasteiger partial charge in [-0.1, -0.05) is 0 Å². The molecule has 0 amide bonds. The molecule has 2 rings (SSSR count). The Morgan fingerprint density at radius 2 is 2.20 bits per heavy atom. The van der Waals surface area contributed by atoms with Crippen LogP contribution in [-0.2, 0) is 9.53 Å². The number of Topliss-reactive ketones (excluding diaryl/α,β-unsaturated/α-hetero) is 1. The maximum absolute atomic E-state index is 11.3. The second-order valence-electron chi connectivity index (χ2n) is 4.94. The molecule has 0 aromatic heterocycles. The molecule has 15 heavy (non-hydrogen) atoms. The summed E-state index contributed by atoms with van der Waals surface area (Å²) in [5, 5.41) is 0. The molecule has 0 aromatic carbocycles. The first-order valence-corrected chi connectivity index (χ1v) is 6.06. The topological polar surface area (TPSA) is 29.5 Å². The van der Waals surface area contributed by atoms with E-state index in [0.29, 0.717) is 24.0 Å². The highest BCUT2D eigenvalue weighted by Crippen LogP contribution is 2.25. The van der Waals surface area contributed by atoms with Gasteiger partial charge in [-0.15, -0.1) is 0 Å². The van der Waals surface area contributed by atoms with E-state index in [2.05, 4.69) is 18.7 Å². The lowest BCUT2D eigenvalue weighted by atomic mass is 9.95. The fourth-order valence-corrected chi connectivity index (χ4v) is 2.84. The lowest BCUT2D eigenvalue weighted by molar-refractivity contribution is -0.124. The van der Waals surface area contributed by atoms with E-state index in [1.807, 2.05) is 0 Å². The lowest BCUT2D eigenvalue weighted by Crippen LogP contribution is -2.50. The summed E-state index contributed by atoms with van der Waals surface area (Å²) in [7, 11) is 0. The fourth-order valence-electron chi connectivity index (χ4n) is 2.84. The van der Waals surface area contributed by atoms with Gasteiger partial charge in [-0.3, -0.25) is 9.69 Å². The van der Waals surface area contributed by atoms with Gasteiger partial charge >= 0.3 is 0 Å². The molecule has 0 saturated carbocycles. The Morgan fingerprint density at radius 1 is 1.40 bits per heavy atom. The van der Waals surface area contributed by atoms with E-state index in [4.69, 9.17) is 4.74 Å². The zero-order chi connectivity index (χ0) is 10.8. The van der Waals surface area contributed by atoms with Crippen molar-refractivity contribution in [3.63, 3.8) is 0 Å². The smallest absolute Gasteiger partial charge is 0.135 e. The third kappa shape index (κ3) is 2.58. The molecule has 0 spiro atoms. The first-order chi connectivity index (χ1) is 7.16. The minimum absolute atomic E-state index is 0.383. The van der Waals surface area contributed by atoms with E-state index in [9.17, 15) is 4.79 Å². The van der Waals surface area contributed by atoms with Gasteiger partial charge in [-0.05, 0) is 26.7 Å². The zero-order valence-corrected chi connectivity index (χ0v) is 9.74. The normalized spacial score (nSPS) is 39.3. The summed E-state index contributed by atoms with van der Waals surface area (Å²) < 4.78 is 5.56. The van der Waals surface area contributed by atoms with E-state index in [0.717, 1.165) is 38.8 Å². The summed E-state index contributed by atoms with van der Waals surface area (Å²) >= 11 is 0. The number of likely N-dealkylation sites (tertiary alicyclic amines) is 1. The first kappa shape index (κ1) is 11.1. The van der Waals surface area contributed by atoms with Crippen LogP contribution in [0.2, 0.25) is 0 Å². The molecule has 3 heteroatoms. The van der Waals surface area contributed by atoms with E-state index in [1.165, 1.54) is 0 Å². The molecule has 86 valence electrons. The molecule has 3 unspecified atom stereocenters. The van der Waals surface area contributed by atoms with Gasteiger partial charge in [-0.2, -0.15) is 0 Å². The molecular weight excluding hydrogens is 190 g/mol. The Labute approximate surface area is 91.8 Å². The molecule has 2 aliphatic heterocycles. The van der Waals surface area contributed by atoms with Crippen LogP contribution in [0.25, 0.3) is 0 Å². The van der Waals surface area contributed by atoms with Crippen LogP contribution in [0.4, 0.5) is 0 Å². The average molecular weight is 211 g/mol. The molecule has 2 fully saturated rings. The Hall–Kier alpha value is -0.410. The van der Waals surface area contributed by atoms with Crippen molar-refractivity contribution < 1.29 is 9.53 Å². The van der Waals surface area contributed by atoms with Crippen LogP contribution >= 0.6 is 0 Å². The molecule has 0 aromatic rings. The van der Waals surface area contributed by atoms with Crippen LogP contribution in [0.1, 0.15) is 39.5 Å². The minimum Gasteiger partial charge on any atom is -0.378 e. The zero-order valence-electron chi connectivity index (χ0n) is 9.74. The Kier molecular flexibility index (Phi) is 3.42. The van der Waals surface area contributed by atoms with Gasteiger partial charge in [-0.25, -0.2) is 0 Å². The monoisotopic (exact) mass is 211 g/mol. The first-order valence-electron chi connectivity index (χ1n) is 6.06. The number of ketones is 1. The van der Waals surface area contributed by atoms with Gasteiger partial charge in [0, 0.05) is 38.1 Å². The van der Waals surface area contributed by atoms with Gasteiger partial charge in [0.25, 0.3) is 0 Å². The van der Waals surface area contributed by atoms with Crippen molar-refractivity contribution in [2.75, 3.05) is 13.2 Å². The van der Waals surface area contributed by atoms with E-state index in [-0.39, 0.29) is 0 Å². The summed E-state index contributed by atoms with van der Waals surface area (Å²) in [6.07, 6.45) is 4.12. The standard InChI is InChI=1S/C12H21NO2/c1-9-7-12(14)3-5-13(9)11-4-6-15-10(2)8-11/h9-11H,3-8H2,1-2H3. The quantitative estimate of drug-likeness (QED) is 0.660. The number of hydrogen-bond donors (Lipinski definition) is 0. The average Bonchev–Trinajstić information content (AvgIpc) is 2.17. The molecule has 0 bridgehead atoms. The van der Waals surface area contributed by atoms with Crippen LogP contribution in [-0.4, -0.2) is 42.0 Å². The van der Waals surface area contributed by atoms with E-state index >= 15 is 0 Å². The third-order valence-electron chi connectivity index (χ3n) is 3.66. The molecule has 0 aliphatic carbocycles.